The van der Waals surface area contributed by atoms with E-state index in [0.717, 1.165) is 6.29 Å². The summed E-state index contributed by atoms with van der Waals surface area (Å²) in [6, 6.07) is 0. The summed E-state index contributed by atoms with van der Waals surface area (Å²) in [4.78, 5) is 38.1. The minimum Gasteiger partial charge on any atom is -0.497 e. The molecule has 0 aromatic carbocycles. The average Bonchev–Trinajstić information content (AvgIpc) is 3.31. The van der Waals surface area contributed by atoms with Gasteiger partial charge in [0.25, 0.3) is 0 Å². The van der Waals surface area contributed by atoms with E-state index in [1.807, 2.05) is 19.9 Å². The number of alkyl halides is 2. The second-order valence-corrected chi connectivity index (χ2v) is 13.2. The Hall–Kier alpha value is -1.81. The number of hydrogen-bond acceptors (Lipinski definition) is 8. The zero-order chi connectivity index (χ0) is 29.3. The number of carbonyl (C=O) groups is 3. The molecule has 222 valence electrons. The minimum atomic E-state index is -1.84. The van der Waals surface area contributed by atoms with Crippen LogP contribution in [-0.2, 0) is 38.1 Å². The molecule has 5 aliphatic rings. The molecule has 8 atom stereocenters. The lowest BCUT2D eigenvalue weighted by molar-refractivity contribution is -0.252. The molecule has 1 saturated heterocycles. The molecule has 40 heavy (non-hydrogen) atoms. The quantitative estimate of drug-likeness (QED) is 0.232. The van der Waals surface area contributed by atoms with Crippen molar-refractivity contribution in [1.82, 2.24) is 0 Å². The highest BCUT2D eigenvalue weighted by Crippen LogP contribution is 2.73. The number of allylic oxidation sites excluding steroid dienone is 4. The largest absolute Gasteiger partial charge is 0.497 e. The van der Waals surface area contributed by atoms with Crippen LogP contribution in [0.1, 0.15) is 66.7 Å². The number of methoxy groups -OCH3 is 1. The van der Waals surface area contributed by atoms with Crippen molar-refractivity contribution in [3.63, 3.8) is 0 Å². The van der Waals surface area contributed by atoms with Gasteiger partial charge in [-0.15, -0.1) is 11.6 Å². The zero-order valence-corrected chi connectivity index (χ0v) is 24.9. The number of carbonyl (C=O) groups excluding carboxylic acids is 3. The second-order valence-electron chi connectivity index (χ2n) is 12.9. The molecular formula is C30H40ClFO8. The Balaban J connectivity index is 1.63. The Labute approximate surface area is 239 Å². The molecule has 5 rings (SSSR count). The first-order chi connectivity index (χ1) is 18.7. The molecule has 10 heteroatoms. The Kier molecular flexibility index (Phi) is 7.33. The summed E-state index contributed by atoms with van der Waals surface area (Å²) in [6.45, 7) is 8.44. The van der Waals surface area contributed by atoms with E-state index in [-0.39, 0.29) is 18.8 Å². The number of hydrogen-bond donors (Lipinski definition) is 0. The summed E-state index contributed by atoms with van der Waals surface area (Å²) in [5.74, 6) is -2.02. The molecule has 0 spiro atoms. The summed E-state index contributed by atoms with van der Waals surface area (Å²) in [6.07, 6.45) is 2.79. The van der Waals surface area contributed by atoms with E-state index in [4.69, 9.17) is 35.3 Å². The molecule has 0 aromatic rings. The van der Waals surface area contributed by atoms with Crippen LogP contribution in [0, 0.1) is 22.7 Å². The van der Waals surface area contributed by atoms with Crippen LogP contribution >= 0.6 is 11.6 Å². The Bertz CT molecular complexity index is 1170. The normalized spacial score (nSPS) is 43.1. The maximum atomic E-state index is 18.2. The molecular weight excluding hydrogens is 543 g/mol. The number of Topliss-reactive ketones (excluding diaryl/α,β-unsaturated/α-hetero) is 1. The van der Waals surface area contributed by atoms with Gasteiger partial charge in [-0.25, -0.2) is 4.39 Å². The van der Waals surface area contributed by atoms with E-state index in [1.165, 1.54) is 14.0 Å². The topological polar surface area (TPSA) is 97.4 Å². The third-order valence-corrected chi connectivity index (χ3v) is 10.7. The monoisotopic (exact) mass is 582 g/mol. The van der Waals surface area contributed by atoms with Crippen molar-refractivity contribution in [2.24, 2.45) is 22.7 Å². The fourth-order valence-corrected chi connectivity index (χ4v) is 9.05. The lowest BCUT2D eigenvalue weighted by atomic mass is 9.44. The Morgan fingerprint density at radius 3 is 2.58 bits per heavy atom. The molecule has 0 aromatic heterocycles. The van der Waals surface area contributed by atoms with Crippen LogP contribution in [0.15, 0.2) is 23.0 Å². The van der Waals surface area contributed by atoms with E-state index in [9.17, 15) is 14.4 Å². The Morgan fingerprint density at radius 2 is 1.95 bits per heavy atom. The van der Waals surface area contributed by atoms with Crippen molar-refractivity contribution in [2.75, 3.05) is 26.2 Å². The third-order valence-electron chi connectivity index (χ3n) is 10.5. The van der Waals surface area contributed by atoms with E-state index >= 15 is 4.39 Å². The fraction of sp³-hybridized carbons (Fsp3) is 0.767. The van der Waals surface area contributed by atoms with Gasteiger partial charge in [-0.2, -0.15) is 0 Å². The number of ketones is 1. The maximum Gasteiger partial charge on any atom is 0.303 e. The van der Waals surface area contributed by atoms with Gasteiger partial charge in [0.15, 0.2) is 18.0 Å². The fourth-order valence-electron chi connectivity index (χ4n) is 8.97. The number of esters is 1. The van der Waals surface area contributed by atoms with Gasteiger partial charge in [-0.05, 0) is 62.7 Å². The molecule has 8 nitrogen and oxygen atoms in total. The highest BCUT2D eigenvalue weighted by molar-refractivity contribution is 6.18. The van der Waals surface area contributed by atoms with Gasteiger partial charge < -0.3 is 23.7 Å². The van der Waals surface area contributed by atoms with Gasteiger partial charge in [0.2, 0.25) is 5.78 Å². The summed E-state index contributed by atoms with van der Waals surface area (Å²) in [7, 11) is 1.50. The van der Waals surface area contributed by atoms with Crippen molar-refractivity contribution in [3.8, 4) is 0 Å². The summed E-state index contributed by atoms with van der Waals surface area (Å²) >= 11 is 5.82. The molecule has 1 heterocycles. The molecule has 0 bridgehead atoms. The van der Waals surface area contributed by atoms with Gasteiger partial charge >= 0.3 is 5.97 Å². The van der Waals surface area contributed by atoms with Crippen molar-refractivity contribution in [1.29, 1.82) is 0 Å². The van der Waals surface area contributed by atoms with Crippen LogP contribution in [0.3, 0.4) is 0 Å². The minimum absolute atomic E-state index is 0.189. The van der Waals surface area contributed by atoms with Crippen LogP contribution in [-0.4, -0.2) is 73.5 Å². The first kappa shape index (κ1) is 29.7. The number of rotatable bonds is 8. The zero-order valence-electron chi connectivity index (χ0n) is 24.1. The summed E-state index contributed by atoms with van der Waals surface area (Å²) < 4.78 is 48.0. The van der Waals surface area contributed by atoms with E-state index in [2.05, 4.69) is 0 Å². The van der Waals surface area contributed by atoms with Crippen LogP contribution in [0.25, 0.3) is 0 Å². The molecule has 1 aliphatic heterocycles. The molecule has 3 fully saturated rings. The van der Waals surface area contributed by atoms with Gasteiger partial charge in [0, 0.05) is 37.2 Å². The molecule has 4 aliphatic carbocycles. The molecule has 0 radical (unpaired) electrons. The first-order valence-corrected chi connectivity index (χ1v) is 14.6. The van der Waals surface area contributed by atoms with Crippen molar-refractivity contribution < 1.29 is 42.5 Å². The molecule has 8 unspecified atom stereocenters. The lowest BCUT2D eigenvalue weighted by Crippen LogP contribution is -2.70. The SMILES string of the molecule is COC1CC2(C)C(CC3OC(C)(C)OC32C(=O)COC(C)=O)C2CC(C=O)=C3C=C(OCCCl)CCC3(C)C12F. The number of aldehydes is 1. The molecule has 0 N–H and O–H groups in total. The molecule has 2 saturated carbocycles. The van der Waals surface area contributed by atoms with Crippen LogP contribution in [0.2, 0.25) is 0 Å². The van der Waals surface area contributed by atoms with Crippen LogP contribution < -0.4 is 0 Å². The number of halogens is 2. The van der Waals surface area contributed by atoms with Crippen molar-refractivity contribution in [2.45, 2.75) is 96.0 Å². The smallest absolute Gasteiger partial charge is 0.303 e. The average molecular weight is 583 g/mol. The van der Waals surface area contributed by atoms with Crippen molar-refractivity contribution in [3.05, 3.63) is 23.0 Å². The predicted molar refractivity (Wildman–Crippen MR) is 143 cm³/mol. The van der Waals surface area contributed by atoms with E-state index in [1.54, 1.807) is 13.8 Å². The van der Waals surface area contributed by atoms with Gasteiger partial charge in [-0.3, -0.25) is 14.4 Å². The first-order valence-electron chi connectivity index (χ1n) is 14.1. The van der Waals surface area contributed by atoms with E-state index < -0.39 is 64.4 Å². The van der Waals surface area contributed by atoms with Gasteiger partial charge in [-0.1, -0.05) is 13.8 Å². The lowest BCUT2D eigenvalue weighted by Gasteiger charge is -2.64. The standard InChI is InChI=1S/C30H40ClFO8/c1-17(34)38-16-23(35)30-24(39-26(2,3)40-30)13-21-22-11-18(15-33)20-12-19(37-10-9-31)7-8-27(20,4)29(22,32)25(36-6)14-28(21,30)5/h12,15,21-22,24-25H,7-11,13-14,16H2,1-6H3. The summed E-state index contributed by atoms with van der Waals surface area (Å²) in [5.41, 5.74) is -4.05. The van der Waals surface area contributed by atoms with E-state index in [0.29, 0.717) is 48.7 Å². The van der Waals surface area contributed by atoms with Crippen LogP contribution in [0.5, 0.6) is 0 Å². The Morgan fingerprint density at radius 1 is 1.23 bits per heavy atom. The van der Waals surface area contributed by atoms with Gasteiger partial charge in [0.1, 0.15) is 18.6 Å². The predicted octanol–water partition coefficient (Wildman–Crippen LogP) is 4.62. The highest BCUT2D eigenvalue weighted by Gasteiger charge is 2.80. The highest BCUT2D eigenvalue weighted by atomic mass is 35.5. The number of ether oxygens (including phenoxy) is 5. The van der Waals surface area contributed by atoms with Crippen molar-refractivity contribution >= 4 is 29.6 Å². The maximum absolute atomic E-state index is 18.2. The van der Waals surface area contributed by atoms with Crippen LogP contribution in [0.4, 0.5) is 4.39 Å². The third kappa shape index (κ3) is 3.90. The molecule has 0 amide bonds. The summed E-state index contributed by atoms with van der Waals surface area (Å²) in [5, 5.41) is 0. The second kappa shape index (κ2) is 9.89. The number of fused-ring (bicyclic) bond motifs is 7. The van der Waals surface area contributed by atoms with Gasteiger partial charge in [0.05, 0.1) is 23.8 Å².